The lowest BCUT2D eigenvalue weighted by molar-refractivity contribution is -0.146. The van der Waals surface area contributed by atoms with Gasteiger partial charge < -0.3 is 15.2 Å². The third kappa shape index (κ3) is 4.16. The monoisotopic (exact) mass is 434 g/mol. The lowest BCUT2D eigenvalue weighted by Crippen LogP contribution is -2.49. The van der Waals surface area contributed by atoms with Crippen LogP contribution >= 0.6 is 0 Å². The van der Waals surface area contributed by atoms with Crippen molar-refractivity contribution in [2.75, 3.05) is 0 Å². The Morgan fingerprint density at radius 1 is 1.20 bits per heavy atom. The van der Waals surface area contributed by atoms with Crippen molar-refractivity contribution in [3.05, 3.63) is 52.9 Å². The summed E-state index contributed by atoms with van der Waals surface area (Å²) in [4.78, 5) is 18.0. The van der Waals surface area contributed by atoms with Gasteiger partial charge in [0.1, 0.15) is 17.3 Å². The molecule has 2 N–H and O–H groups in total. The molecule has 1 amide bonds. The first-order valence-electron chi connectivity index (χ1n) is 9.23. The van der Waals surface area contributed by atoms with Crippen LogP contribution in [-0.4, -0.2) is 32.4 Å². The summed E-state index contributed by atoms with van der Waals surface area (Å²) in [6.45, 7) is 3.08. The molecule has 0 radical (unpaired) electrons. The zero-order chi connectivity index (χ0) is 22.4. The van der Waals surface area contributed by atoms with Gasteiger partial charge in [0.25, 0.3) is 0 Å². The number of imidazole rings is 1. The third-order valence-electron chi connectivity index (χ3n) is 5.19. The quantitative estimate of drug-likeness (QED) is 0.591. The molecule has 3 atom stereocenters. The average Bonchev–Trinajstić information content (AvgIpc) is 3.03. The predicted molar refractivity (Wildman–Crippen MR) is 94.6 cm³/mol. The summed E-state index contributed by atoms with van der Waals surface area (Å²) in [6.07, 6.45) is -4.28. The maximum atomic E-state index is 13.8. The maximum Gasteiger partial charge on any atom is 0.433 e. The van der Waals surface area contributed by atoms with Crippen molar-refractivity contribution in [2.24, 2.45) is 5.73 Å². The van der Waals surface area contributed by atoms with Crippen molar-refractivity contribution in [1.82, 2.24) is 14.5 Å². The van der Waals surface area contributed by atoms with Crippen LogP contribution in [0.25, 0.3) is 0 Å². The van der Waals surface area contributed by atoms with E-state index in [9.17, 15) is 31.1 Å². The van der Waals surface area contributed by atoms with Crippen LogP contribution in [0.2, 0.25) is 0 Å². The molecule has 1 aromatic heterocycles. The third-order valence-corrected chi connectivity index (χ3v) is 5.19. The summed E-state index contributed by atoms with van der Waals surface area (Å²) in [5, 5.41) is 0. The summed E-state index contributed by atoms with van der Waals surface area (Å²) in [5.74, 6) is -3.87. The highest BCUT2D eigenvalue weighted by atomic mass is 19.4. The first kappa shape index (κ1) is 22.1. The number of hydrogen-bond acceptors (Lipinski definition) is 3. The van der Waals surface area contributed by atoms with Gasteiger partial charge in [-0.05, 0) is 31.9 Å². The molecule has 0 spiro atoms. The number of carbonyl (C=O) groups is 1. The molecule has 0 aliphatic carbocycles. The molecule has 0 unspecified atom stereocenters. The summed E-state index contributed by atoms with van der Waals surface area (Å²) in [6, 6.07) is -1.10. The molecule has 30 heavy (non-hydrogen) atoms. The topological polar surface area (TPSA) is 64.2 Å². The second-order valence-electron chi connectivity index (χ2n) is 7.46. The van der Waals surface area contributed by atoms with Crippen molar-refractivity contribution < 1.29 is 31.1 Å². The van der Waals surface area contributed by atoms with Crippen molar-refractivity contribution in [3.63, 3.8) is 0 Å². The highest BCUT2D eigenvalue weighted by Gasteiger charge is 2.41. The van der Waals surface area contributed by atoms with Crippen LogP contribution < -0.4 is 5.73 Å². The molecule has 3 rings (SSSR count). The number of carbonyl (C=O) groups excluding carboxylic acids is 1. The van der Waals surface area contributed by atoms with Gasteiger partial charge in [-0.3, -0.25) is 4.79 Å². The number of alkyl halides is 3. The van der Waals surface area contributed by atoms with E-state index in [0.717, 1.165) is 10.8 Å². The zero-order valence-electron chi connectivity index (χ0n) is 16.2. The number of halogens is 6. The molecular formula is C19H20F6N4O. The van der Waals surface area contributed by atoms with E-state index < -0.39 is 53.4 Å². The first-order valence-corrected chi connectivity index (χ1v) is 9.23. The number of amides is 1. The largest absolute Gasteiger partial charge is 0.433 e. The fourth-order valence-corrected chi connectivity index (χ4v) is 3.87. The minimum absolute atomic E-state index is 0.0900. The van der Waals surface area contributed by atoms with Crippen LogP contribution in [0.4, 0.5) is 26.3 Å². The van der Waals surface area contributed by atoms with Crippen molar-refractivity contribution >= 4 is 5.91 Å². The average molecular weight is 434 g/mol. The summed E-state index contributed by atoms with van der Waals surface area (Å²) in [7, 11) is 0. The summed E-state index contributed by atoms with van der Waals surface area (Å²) >= 11 is 0. The Balaban J connectivity index is 1.74. The second kappa shape index (κ2) is 7.93. The Morgan fingerprint density at radius 3 is 2.47 bits per heavy atom. The summed E-state index contributed by atoms with van der Waals surface area (Å²) in [5.41, 5.74) is 4.87. The lowest BCUT2D eigenvalue weighted by atomic mass is 10.0. The Bertz CT molecular complexity index is 957. The van der Waals surface area contributed by atoms with Gasteiger partial charge in [-0.25, -0.2) is 18.2 Å². The highest BCUT2D eigenvalue weighted by Crippen LogP contribution is 2.36. The van der Waals surface area contributed by atoms with Crippen molar-refractivity contribution in [2.45, 2.75) is 57.5 Å². The van der Waals surface area contributed by atoms with Crippen LogP contribution in [0.15, 0.2) is 18.3 Å². The molecule has 0 saturated carbocycles. The van der Waals surface area contributed by atoms with E-state index in [1.807, 2.05) is 0 Å². The summed E-state index contributed by atoms with van der Waals surface area (Å²) < 4.78 is 80.7. The normalized spacial score (nSPS) is 20.2. The van der Waals surface area contributed by atoms with Crippen molar-refractivity contribution in [1.29, 1.82) is 0 Å². The molecular weight excluding hydrogens is 414 g/mol. The Labute approximate surface area is 168 Å². The Morgan fingerprint density at radius 2 is 1.83 bits per heavy atom. The van der Waals surface area contributed by atoms with Crippen LogP contribution in [0.3, 0.4) is 0 Å². The van der Waals surface area contributed by atoms with Gasteiger partial charge in [0.05, 0.1) is 12.2 Å². The maximum absolute atomic E-state index is 13.8. The highest BCUT2D eigenvalue weighted by molar-refractivity contribution is 5.77. The number of nitrogens with two attached hydrogens (primary N) is 1. The minimum atomic E-state index is -4.56. The van der Waals surface area contributed by atoms with E-state index in [1.165, 1.54) is 4.90 Å². The van der Waals surface area contributed by atoms with Gasteiger partial charge in [-0.2, -0.15) is 13.2 Å². The van der Waals surface area contributed by atoms with Gasteiger partial charge in [-0.15, -0.1) is 0 Å². The van der Waals surface area contributed by atoms with Crippen LogP contribution in [0.5, 0.6) is 0 Å². The minimum Gasteiger partial charge on any atom is -0.328 e. The zero-order valence-corrected chi connectivity index (χ0v) is 16.2. The van der Waals surface area contributed by atoms with E-state index in [0.29, 0.717) is 12.1 Å². The number of nitrogens with zero attached hydrogens (tertiary/aromatic N) is 3. The molecule has 164 valence electrons. The molecule has 0 fully saturated rings. The fourth-order valence-electron chi connectivity index (χ4n) is 3.87. The number of benzene rings is 1. The number of fused-ring (bicyclic) bond motifs is 1. The molecule has 5 nitrogen and oxygen atoms in total. The first-order chi connectivity index (χ1) is 13.9. The Hall–Kier alpha value is -2.56. The van der Waals surface area contributed by atoms with E-state index in [1.54, 1.807) is 13.8 Å². The molecule has 2 aromatic rings. The van der Waals surface area contributed by atoms with Crippen molar-refractivity contribution in [3.8, 4) is 0 Å². The molecule has 0 saturated heterocycles. The molecule has 11 heteroatoms. The smallest absolute Gasteiger partial charge is 0.328 e. The second-order valence-corrected chi connectivity index (χ2v) is 7.46. The van der Waals surface area contributed by atoms with Crippen LogP contribution in [0.1, 0.15) is 43.4 Å². The number of rotatable bonds is 4. The van der Waals surface area contributed by atoms with Gasteiger partial charge in [0, 0.05) is 31.1 Å². The van der Waals surface area contributed by atoms with Gasteiger partial charge in [-0.1, -0.05) is 0 Å². The lowest BCUT2D eigenvalue weighted by Gasteiger charge is -2.40. The SMILES string of the molecule is C[C@@H]1Cn2c(C(F)(F)F)cnc2[C@H](C)N1C(=O)C[C@H](N)Cc1cc(F)c(F)cc1F. The van der Waals surface area contributed by atoms with E-state index in [-0.39, 0.29) is 30.8 Å². The van der Waals surface area contributed by atoms with Gasteiger partial charge >= 0.3 is 6.18 Å². The fraction of sp³-hybridized carbons (Fsp3) is 0.474. The molecule has 1 aliphatic rings. The molecule has 0 bridgehead atoms. The Kier molecular flexibility index (Phi) is 5.85. The van der Waals surface area contributed by atoms with Crippen LogP contribution in [-0.2, 0) is 23.9 Å². The van der Waals surface area contributed by atoms with E-state index in [4.69, 9.17) is 5.73 Å². The molecule has 1 aromatic carbocycles. The van der Waals surface area contributed by atoms with Gasteiger partial charge in [0.15, 0.2) is 11.6 Å². The number of aromatic nitrogens is 2. The predicted octanol–water partition coefficient (Wildman–Crippen LogP) is 3.57. The standard InChI is InChI=1S/C19H20F6N4O/c1-9-8-28-16(19(23,24)25)7-27-18(28)10(2)29(9)17(30)5-12(26)3-11-4-14(21)15(22)6-13(11)20/h4,6-7,9-10,12H,3,5,8,26H2,1-2H3/t9-,10+,12-/m1/s1. The number of hydrogen-bond donors (Lipinski definition) is 1. The van der Waals surface area contributed by atoms with Crippen LogP contribution in [0, 0.1) is 17.5 Å². The van der Waals surface area contributed by atoms with E-state index >= 15 is 0 Å². The molecule has 2 heterocycles. The van der Waals surface area contributed by atoms with E-state index in [2.05, 4.69) is 4.98 Å². The molecule has 1 aliphatic heterocycles. The van der Waals surface area contributed by atoms with Gasteiger partial charge in [0.2, 0.25) is 5.91 Å².